The van der Waals surface area contributed by atoms with Crippen LogP contribution >= 0.6 is 0 Å². The molecule has 2 heterocycles. The van der Waals surface area contributed by atoms with Gasteiger partial charge in [0.2, 0.25) is 5.91 Å². The number of hydrogen-bond acceptors (Lipinski definition) is 2. The van der Waals surface area contributed by atoms with Crippen molar-refractivity contribution in [2.75, 3.05) is 24.5 Å². The Kier molecular flexibility index (Phi) is 3.89. The van der Waals surface area contributed by atoms with E-state index in [1.165, 1.54) is 38.2 Å². The molecule has 2 aliphatic heterocycles. The van der Waals surface area contributed by atoms with Gasteiger partial charge in [-0.25, -0.2) is 4.39 Å². The minimum atomic E-state index is -0.180. The summed E-state index contributed by atoms with van der Waals surface area (Å²) in [4.78, 5) is 16.7. The molecule has 26 heavy (non-hydrogen) atoms. The summed E-state index contributed by atoms with van der Waals surface area (Å²) in [5.41, 5.74) is 1.95. The molecule has 1 amide bonds. The minimum absolute atomic E-state index is 0.0491. The summed E-state index contributed by atoms with van der Waals surface area (Å²) in [7, 11) is 0. The number of nitrogens with zero attached hydrogens (tertiary/aromatic N) is 2. The molecule has 140 valence electrons. The number of halogens is 1. The first-order valence-corrected chi connectivity index (χ1v) is 10.4. The molecule has 4 aliphatic rings. The van der Waals surface area contributed by atoms with Crippen LogP contribution in [0.15, 0.2) is 18.2 Å². The van der Waals surface area contributed by atoms with E-state index in [0.29, 0.717) is 0 Å². The maximum atomic E-state index is 14.0. The lowest BCUT2D eigenvalue weighted by Gasteiger charge is -2.46. The number of rotatable bonds is 1. The third-order valence-electron chi connectivity index (χ3n) is 7.88. The van der Waals surface area contributed by atoms with Crippen molar-refractivity contribution < 1.29 is 9.18 Å². The van der Waals surface area contributed by atoms with Crippen molar-refractivity contribution in [2.24, 2.45) is 11.8 Å². The first-order chi connectivity index (χ1) is 12.6. The normalized spacial score (nSPS) is 32.8. The second-order valence-corrected chi connectivity index (χ2v) is 9.17. The number of carbonyl (C=O) groups is 1. The molecule has 0 N–H and O–H groups in total. The van der Waals surface area contributed by atoms with Gasteiger partial charge in [0.05, 0.1) is 0 Å². The van der Waals surface area contributed by atoms with Crippen molar-refractivity contribution in [2.45, 2.75) is 63.3 Å². The van der Waals surface area contributed by atoms with E-state index in [1.54, 1.807) is 19.1 Å². The van der Waals surface area contributed by atoms with E-state index >= 15 is 0 Å². The molecular weight excluding hydrogens is 327 g/mol. The van der Waals surface area contributed by atoms with E-state index in [9.17, 15) is 9.18 Å². The smallest absolute Gasteiger partial charge is 0.223 e. The Balaban J connectivity index is 1.37. The Hall–Kier alpha value is -1.42. The lowest BCUT2D eigenvalue weighted by atomic mass is 9.73. The molecule has 1 saturated heterocycles. The van der Waals surface area contributed by atoms with Crippen molar-refractivity contribution in [3.8, 4) is 0 Å². The predicted molar refractivity (Wildman–Crippen MR) is 101 cm³/mol. The maximum Gasteiger partial charge on any atom is 0.223 e. The number of piperidine rings is 1. The molecule has 1 aromatic rings. The molecule has 3 atom stereocenters. The molecule has 5 rings (SSSR count). The Morgan fingerprint density at radius 1 is 1.15 bits per heavy atom. The van der Waals surface area contributed by atoms with E-state index in [2.05, 4.69) is 4.90 Å². The van der Waals surface area contributed by atoms with Gasteiger partial charge in [-0.05, 0) is 87.2 Å². The average molecular weight is 356 g/mol. The standard InChI is InChI=1S/C22H29FN2O/c1-15(26)25-14-22(19-13-18(23)5-7-21(19)25)8-10-24(11-9-22)20-6-3-16-2-4-17(20)12-16/h5,7,13,16-17,20H,2-4,6,8-12,14H2,1H3/t16-,17+,20?/m0/s1. The molecule has 2 saturated carbocycles. The van der Waals surface area contributed by atoms with Gasteiger partial charge in [-0.3, -0.25) is 4.79 Å². The molecule has 2 aliphatic carbocycles. The van der Waals surface area contributed by atoms with E-state index in [1.807, 2.05) is 4.90 Å². The van der Waals surface area contributed by atoms with Crippen molar-refractivity contribution >= 4 is 11.6 Å². The molecular formula is C22H29FN2O. The number of anilines is 1. The first-order valence-electron chi connectivity index (χ1n) is 10.4. The van der Waals surface area contributed by atoms with E-state index in [0.717, 1.165) is 61.6 Å². The lowest BCUT2D eigenvalue weighted by molar-refractivity contribution is -0.116. The largest absolute Gasteiger partial charge is 0.311 e. The summed E-state index contributed by atoms with van der Waals surface area (Å²) in [5, 5.41) is 0. The minimum Gasteiger partial charge on any atom is -0.311 e. The van der Waals surface area contributed by atoms with E-state index in [-0.39, 0.29) is 17.1 Å². The van der Waals surface area contributed by atoms with Crippen molar-refractivity contribution in [3.63, 3.8) is 0 Å². The summed E-state index contributed by atoms with van der Waals surface area (Å²) in [6.07, 6.45) is 9.17. The third-order valence-corrected chi connectivity index (χ3v) is 7.88. The topological polar surface area (TPSA) is 23.6 Å². The van der Waals surface area contributed by atoms with Gasteiger partial charge in [0, 0.05) is 30.6 Å². The maximum absolute atomic E-state index is 14.0. The van der Waals surface area contributed by atoms with Gasteiger partial charge in [0.1, 0.15) is 5.82 Å². The van der Waals surface area contributed by atoms with Crippen LogP contribution in [-0.4, -0.2) is 36.5 Å². The van der Waals surface area contributed by atoms with Crippen molar-refractivity contribution in [3.05, 3.63) is 29.6 Å². The zero-order valence-corrected chi connectivity index (χ0v) is 15.7. The van der Waals surface area contributed by atoms with Gasteiger partial charge in [-0.2, -0.15) is 0 Å². The SMILES string of the molecule is CC(=O)N1CC2(CCN(C3CC[C@@H]4CC[C@@H]3C4)CC2)c2cc(F)ccc21. The predicted octanol–water partition coefficient (Wildman–Crippen LogP) is 4.10. The number of fused-ring (bicyclic) bond motifs is 4. The Morgan fingerprint density at radius 3 is 2.69 bits per heavy atom. The zero-order valence-electron chi connectivity index (χ0n) is 15.7. The summed E-state index contributed by atoms with van der Waals surface area (Å²) < 4.78 is 14.0. The van der Waals surface area contributed by atoms with Crippen LogP contribution in [0.4, 0.5) is 10.1 Å². The second-order valence-electron chi connectivity index (χ2n) is 9.17. The summed E-state index contributed by atoms with van der Waals surface area (Å²) in [6.45, 7) is 4.53. The number of amides is 1. The average Bonchev–Trinajstić information content (AvgIpc) is 3.16. The Labute approximate surface area is 155 Å². The molecule has 0 radical (unpaired) electrons. The van der Waals surface area contributed by atoms with Gasteiger partial charge in [-0.15, -0.1) is 0 Å². The molecule has 1 spiro atoms. The van der Waals surface area contributed by atoms with E-state index in [4.69, 9.17) is 0 Å². The highest BCUT2D eigenvalue weighted by atomic mass is 19.1. The van der Waals surface area contributed by atoms with Crippen molar-refractivity contribution in [1.29, 1.82) is 0 Å². The third kappa shape index (κ3) is 2.52. The summed E-state index contributed by atoms with van der Waals surface area (Å²) >= 11 is 0. The number of benzene rings is 1. The lowest BCUT2D eigenvalue weighted by Crippen LogP contribution is -2.51. The second kappa shape index (κ2) is 6.05. The van der Waals surface area contributed by atoms with Crippen LogP contribution in [0.2, 0.25) is 0 Å². The van der Waals surface area contributed by atoms with Crippen LogP contribution in [0.25, 0.3) is 0 Å². The monoisotopic (exact) mass is 356 g/mol. The quantitative estimate of drug-likeness (QED) is 0.756. The van der Waals surface area contributed by atoms with Crippen LogP contribution in [0.3, 0.4) is 0 Å². The Morgan fingerprint density at radius 2 is 1.92 bits per heavy atom. The van der Waals surface area contributed by atoms with Crippen LogP contribution in [0.5, 0.6) is 0 Å². The van der Waals surface area contributed by atoms with Crippen LogP contribution in [0, 0.1) is 17.7 Å². The van der Waals surface area contributed by atoms with Crippen molar-refractivity contribution in [1.82, 2.24) is 4.90 Å². The fourth-order valence-corrected chi connectivity index (χ4v) is 6.48. The van der Waals surface area contributed by atoms with Crippen LogP contribution < -0.4 is 4.90 Å². The molecule has 0 aromatic heterocycles. The first kappa shape index (κ1) is 16.7. The summed E-state index contributed by atoms with van der Waals surface area (Å²) in [6, 6.07) is 5.74. The fraction of sp³-hybridized carbons (Fsp3) is 0.682. The highest BCUT2D eigenvalue weighted by Crippen LogP contribution is 2.49. The summed E-state index contributed by atoms with van der Waals surface area (Å²) in [5.74, 6) is 1.80. The van der Waals surface area contributed by atoms with Gasteiger partial charge in [-0.1, -0.05) is 6.42 Å². The van der Waals surface area contributed by atoms with Gasteiger partial charge in [0.25, 0.3) is 0 Å². The Bertz CT molecular complexity index is 725. The van der Waals surface area contributed by atoms with Gasteiger partial charge < -0.3 is 9.80 Å². The molecule has 1 aromatic carbocycles. The number of hydrogen-bond donors (Lipinski definition) is 0. The van der Waals surface area contributed by atoms with E-state index < -0.39 is 0 Å². The molecule has 3 nitrogen and oxygen atoms in total. The zero-order chi connectivity index (χ0) is 17.9. The molecule has 2 bridgehead atoms. The van der Waals surface area contributed by atoms with Crippen LogP contribution in [-0.2, 0) is 10.2 Å². The van der Waals surface area contributed by atoms with Crippen LogP contribution in [0.1, 0.15) is 57.4 Å². The van der Waals surface area contributed by atoms with Gasteiger partial charge in [0.15, 0.2) is 0 Å². The highest BCUT2D eigenvalue weighted by molar-refractivity contribution is 5.94. The molecule has 1 unspecified atom stereocenters. The van der Waals surface area contributed by atoms with Gasteiger partial charge >= 0.3 is 0 Å². The fourth-order valence-electron chi connectivity index (χ4n) is 6.48. The number of likely N-dealkylation sites (tertiary alicyclic amines) is 1. The molecule has 4 heteroatoms. The number of carbonyl (C=O) groups excluding carboxylic acids is 1. The molecule has 3 fully saturated rings. The highest BCUT2D eigenvalue weighted by Gasteiger charge is 2.48.